The molecule has 1 aromatic rings. The number of anilines is 2. The van der Waals surface area contributed by atoms with Crippen molar-refractivity contribution in [3.8, 4) is 0 Å². The average Bonchev–Trinajstić information content (AvgIpc) is 2.54. The van der Waals surface area contributed by atoms with Gasteiger partial charge in [-0.15, -0.1) is 0 Å². The van der Waals surface area contributed by atoms with Crippen LogP contribution in [0.3, 0.4) is 0 Å². The molecule has 0 aromatic carbocycles. The Bertz CT molecular complexity index is 388. The lowest BCUT2D eigenvalue weighted by molar-refractivity contribution is 0.0820. The van der Waals surface area contributed by atoms with Crippen LogP contribution in [0.25, 0.3) is 0 Å². The van der Waals surface area contributed by atoms with Gasteiger partial charge in [0.05, 0.1) is 10.6 Å². The van der Waals surface area contributed by atoms with Crippen molar-refractivity contribution in [2.45, 2.75) is 19.4 Å². The Hall–Kier alpha value is -0.880. The minimum Gasteiger partial charge on any atom is -0.377 e. The number of rotatable bonds is 2. The molecule has 0 aliphatic carbocycles. The van der Waals surface area contributed by atoms with Crippen molar-refractivity contribution in [3.05, 3.63) is 10.7 Å². The Kier molecular flexibility index (Phi) is 4.17. The van der Waals surface area contributed by atoms with Gasteiger partial charge in [-0.2, -0.15) is 4.98 Å². The van der Waals surface area contributed by atoms with E-state index >= 15 is 0 Å². The van der Waals surface area contributed by atoms with E-state index in [1.54, 1.807) is 6.20 Å². The summed E-state index contributed by atoms with van der Waals surface area (Å²) in [5.74, 6) is 1.57. The molecule has 0 amide bonds. The van der Waals surface area contributed by atoms with Crippen LogP contribution in [0.2, 0.25) is 0 Å². The predicted octanol–water partition coefficient (Wildman–Crippen LogP) is 1.90. The minimum absolute atomic E-state index is 0.234. The summed E-state index contributed by atoms with van der Waals surface area (Å²) in [7, 11) is 1.82. The van der Waals surface area contributed by atoms with Crippen LogP contribution >= 0.6 is 15.9 Å². The SMILES string of the molecule is CNc1ncc(Br)c(N2CCCOC(C)C2)n1. The Morgan fingerprint density at radius 2 is 2.41 bits per heavy atom. The van der Waals surface area contributed by atoms with Crippen molar-refractivity contribution in [3.63, 3.8) is 0 Å². The summed E-state index contributed by atoms with van der Waals surface area (Å²) in [5.41, 5.74) is 0. The molecule has 1 fully saturated rings. The molecule has 2 heterocycles. The largest absolute Gasteiger partial charge is 0.377 e. The average molecular weight is 301 g/mol. The highest BCUT2D eigenvalue weighted by Crippen LogP contribution is 2.25. The Morgan fingerprint density at radius 1 is 1.59 bits per heavy atom. The van der Waals surface area contributed by atoms with Crippen LogP contribution in [0.5, 0.6) is 0 Å². The summed E-state index contributed by atoms with van der Waals surface area (Å²) in [6.07, 6.45) is 3.04. The van der Waals surface area contributed by atoms with Gasteiger partial charge in [0.25, 0.3) is 0 Å². The lowest BCUT2D eigenvalue weighted by Gasteiger charge is -2.24. The highest BCUT2D eigenvalue weighted by atomic mass is 79.9. The monoisotopic (exact) mass is 300 g/mol. The number of hydrogen-bond donors (Lipinski definition) is 1. The zero-order valence-electron chi connectivity index (χ0n) is 10.1. The number of ether oxygens (including phenoxy) is 1. The molecule has 6 heteroatoms. The van der Waals surface area contributed by atoms with Crippen molar-refractivity contribution in [1.82, 2.24) is 9.97 Å². The lowest BCUT2D eigenvalue weighted by Crippen LogP contribution is -2.31. The lowest BCUT2D eigenvalue weighted by atomic mass is 10.3. The fraction of sp³-hybridized carbons (Fsp3) is 0.636. The number of nitrogens with one attached hydrogen (secondary N) is 1. The third kappa shape index (κ3) is 3.07. The Balaban J connectivity index is 2.24. The van der Waals surface area contributed by atoms with Crippen molar-refractivity contribution in [2.75, 3.05) is 37.0 Å². The normalized spacial score (nSPS) is 21.1. The van der Waals surface area contributed by atoms with Crippen LogP contribution in [-0.4, -0.2) is 42.8 Å². The smallest absolute Gasteiger partial charge is 0.224 e. The standard InChI is InChI=1S/C11H17BrN4O/c1-8-7-16(4-3-5-17-8)10-9(12)6-14-11(13-2)15-10/h6,8H,3-5,7H2,1-2H3,(H,13,14,15). The predicted molar refractivity (Wildman–Crippen MR) is 71.5 cm³/mol. The first-order chi connectivity index (χ1) is 8.20. The third-order valence-electron chi connectivity index (χ3n) is 2.70. The fourth-order valence-electron chi connectivity index (χ4n) is 1.89. The molecule has 1 N–H and O–H groups in total. The first kappa shape index (κ1) is 12.6. The molecular formula is C11H17BrN4O. The molecule has 1 saturated heterocycles. The van der Waals surface area contributed by atoms with Gasteiger partial charge in [0, 0.05) is 32.9 Å². The molecule has 1 unspecified atom stereocenters. The quantitative estimate of drug-likeness (QED) is 0.904. The first-order valence-corrected chi connectivity index (χ1v) is 6.57. The highest BCUT2D eigenvalue weighted by Gasteiger charge is 2.19. The molecule has 0 saturated carbocycles. The second-order valence-corrected chi connectivity index (χ2v) is 4.95. The topological polar surface area (TPSA) is 50.3 Å². The number of nitrogens with zero attached hydrogens (tertiary/aromatic N) is 3. The van der Waals surface area contributed by atoms with Crippen LogP contribution in [0.1, 0.15) is 13.3 Å². The zero-order valence-corrected chi connectivity index (χ0v) is 11.7. The van der Waals surface area contributed by atoms with Gasteiger partial charge in [0.2, 0.25) is 5.95 Å². The van der Waals surface area contributed by atoms with Crippen LogP contribution in [0.15, 0.2) is 10.7 Å². The third-order valence-corrected chi connectivity index (χ3v) is 3.26. The molecule has 1 aromatic heterocycles. The van der Waals surface area contributed by atoms with Crippen molar-refractivity contribution in [2.24, 2.45) is 0 Å². The van der Waals surface area contributed by atoms with E-state index in [0.29, 0.717) is 5.95 Å². The Labute approximate surface area is 110 Å². The van der Waals surface area contributed by atoms with E-state index in [1.807, 2.05) is 7.05 Å². The summed E-state index contributed by atoms with van der Waals surface area (Å²) in [6, 6.07) is 0. The van der Waals surface area contributed by atoms with E-state index < -0.39 is 0 Å². The van der Waals surface area contributed by atoms with Gasteiger partial charge in [-0.25, -0.2) is 4.98 Å². The van der Waals surface area contributed by atoms with E-state index in [2.05, 4.69) is 43.0 Å². The van der Waals surface area contributed by atoms with Gasteiger partial charge in [-0.1, -0.05) is 0 Å². The highest BCUT2D eigenvalue weighted by molar-refractivity contribution is 9.10. The maximum atomic E-state index is 5.63. The van der Waals surface area contributed by atoms with Gasteiger partial charge >= 0.3 is 0 Å². The van der Waals surface area contributed by atoms with E-state index in [9.17, 15) is 0 Å². The molecular weight excluding hydrogens is 284 g/mol. The van der Waals surface area contributed by atoms with Crippen molar-refractivity contribution >= 4 is 27.7 Å². The Morgan fingerprint density at radius 3 is 3.18 bits per heavy atom. The first-order valence-electron chi connectivity index (χ1n) is 5.77. The maximum absolute atomic E-state index is 5.63. The summed E-state index contributed by atoms with van der Waals surface area (Å²) in [5, 5.41) is 2.96. The fourth-order valence-corrected chi connectivity index (χ4v) is 2.33. The summed E-state index contributed by atoms with van der Waals surface area (Å²) >= 11 is 3.51. The second-order valence-electron chi connectivity index (χ2n) is 4.10. The molecule has 1 aliphatic heterocycles. The summed E-state index contributed by atoms with van der Waals surface area (Å²) in [6.45, 7) is 4.73. The van der Waals surface area contributed by atoms with Crippen LogP contribution in [-0.2, 0) is 4.74 Å². The summed E-state index contributed by atoms with van der Waals surface area (Å²) < 4.78 is 6.56. The van der Waals surface area contributed by atoms with E-state index in [-0.39, 0.29) is 6.10 Å². The van der Waals surface area contributed by atoms with Gasteiger partial charge in [0.15, 0.2) is 0 Å². The number of halogens is 1. The van der Waals surface area contributed by atoms with Gasteiger partial charge < -0.3 is 15.0 Å². The molecule has 94 valence electrons. The van der Waals surface area contributed by atoms with E-state index in [0.717, 1.165) is 36.4 Å². The molecule has 17 heavy (non-hydrogen) atoms. The zero-order chi connectivity index (χ0) is 12.3. The van der Waals surface area contributed by atoms with E-state index in [1.165, 1.54) is 0 Å². The molecule has 5 nitrogen and oxygen atoms in total. The van der Waals surface area contributed by atoms with Crippen LogP contribution in [0.4, 0.5) is 11.8 Å². The molecule has 1 aliphatic rings. The molecule has 2 rings (SSSR count). The molecule has 0 radical (unpaired) electrons. The maximum Gasteiger partial charge on any atom is 0.224 e. The molecule has 1 atom stereocenters. The van der Waals surface area contributed by atoms with Crippen LogP contribution < -0.4 is 10.2 Å². The van der Waals surface area contributed by atoms with Gasteiger partial charge in [0.1, 0.15) is 5.82 Å². The number of aromatic nitrogens is 2. The van der Waals surface area contributed by atoms with Crippen molar-refractivity contribution < 1.29 is 4.74 Å². The summed E-state index contributed by atoms with van der Waals surface area (Å²) in [4.78, 5) is 10.9. The molecule has 0 bridgehead atoms. The van der Waals surface area contributed by atoms with Crippen molar-refractivity contribution in [1.29, 1.82) is 0 Å². The minimum atomic E-state index is 0.234. The second kappa shape index (κ2) is 5.64. The van der Waals surface area contributed by atoms with Crippen LogP contribution in [0, 0.1) is 0 Å². The van der Waals surface area contributed by atoms with Gasteiger partial charge in [-0.05, 0) is 29.3 Å². The van der Waals surface area contributed by atoms with Gasteiger partial charge in [-0.3, -0.25) is 0 Å². The molecule has 0 spiro atoms. The number of hydrogen-bond acceptors (Lipinski definition) is 5. The van der Waals surface area contributed by atoms with E-state index in [4.69, 9.17) is 4.74 Å².